The molecular weight excluding hydrogens is 393 g/mol. The van der Waals surface area contributed by atoms with Crippen molar-refractivity contribution in [3.8, 4) is 0 Å². The minimum Gasteiger partial charge on any atom is -0.438 e. The summed E-state index contributed by atoms with van der Waals surface area (Å²) in [7, 11) is -2.35. The zero-order chi connectivity index (χ0) is 20.8. The van der Waals surface area contributed by atoms with Crippen LogP contribution in [0.3, 0.4) is 0 Å². The highest BCUT2D eigenvalue weighted by molar-refractivity contribution is 7.53. The number of hydrogen-bond acceptors (Lipinski definition) is 11. The molecule has 2 aromatic heterocycles. The van der Waals surface area contributed by atoms with Gasteiger partial charge in [-0.2, -0.15) is 4.73 Å². The molecule has 12 nitrogen and oxygen atoms in total. The number of anilines is 1. The fourth-order valence-electron chi connectivity index (χ4n) is 1.82. The lowest BCUT2D eigenvalue weighted by Crippen LogP contribution is -2.24. The number of carbonyl (C=O) groups is 1. The van der Waals surface area contributed by atoms with Crippen molar-refractivity contribution < 1.29 is 32.7 Å². The van der Waals surface area contributed by atoms with E-state index in [2.05, 4.69) is 15.0 Å². The summed E-state index contributed by atoms with van der Waals surface area (Å²) in [5.74, 6) is -0.240. The molecule has 2 N–H and O–H groups in total. The molecule has 0 aliphatic heterocycles. The standard InChI is InChI=1S/C15H24N5O7P/c1-15(2,3)14(21)25-9-27-28(22,23-4)10-24-5-6-26-20-8-19-11-12(16)17-7-18-13(11)20/h7-8H,5-6,9-10H2,1-4H3,(H2,16,17,18). The van der Waals surface area contributed by atoms with E-state index >= 15 is 0 Å². The number of ether oxygens (including phenoxy) is 2. The Kier molecular flexibility index (Phi) is 7.30. The summed E-state index contributed by atoms with van der Waals surface area (Å²) in [6, 6.07) is 0. The molecule has 0 radical (unpaired) electrons. The Morgan fingerprint density at radius 3 is 2.68 bits per heavy atom. The quantitative estimate of drug-likeness (QED) is 0.257. The SMILES string of the molecule is COP(=O)(COCCOn1cnc2c(N)ncnc21)OCOC(=O)C(C)(C)C. The van der Waals surface area contributed by atoms with Gasteiger partial charge in [0.05, 0.1) is 12.0 Å². The molecule has 0 bridgehead atoms. The Balaban J connectivity index is 1.74. The average Bonchev–Trinajstić information content (AvgIpc) is 3.05. The number of nitrogens with two attached hydrogens (primary N) is 1. The van der Waals surface area contributed by atoms with Crippen molar-refractivity contribution in [1.29, 1.82) is 0 Å². The van der Waals surface area contributed by atoms with Crippen LogP contribution in [0.15, 0.2) is 12.7 Å². The number of esters is 1. The van der Waals surface area contributed by atoms with Gasteiger partial charge in [-0.1, -0.05) is 0 Å². The molecule has 0 aliphatic carbocycles. The number of hydrogen-bond donors (Lipinski definition) is 1. The summed E-state index contributed by atoms with van der Waals surface area (Å²) in [6.45, 7) is 4.77. The lowest BCUT2D eigenvalue weighted by atomic mass is 9.98. The zero-order valence-corrected chi connectivity index (χ0v) is 17.0. The molecule has 2 aromatic rings. The molecular formula is C15H24N5O7P. The predicted octanol–water partition coefficient (Wildman–Crippen LogP) is 1.21. The molecule has 2 heterocycles. The van der Waals surface area contributed by atoms with E-state index in [1.165, 1.54) is 24.5 Å². The van der Waals surface area contributed by atoms with Crippen LogP contribution in [-0.2, 0) is 27.9 Å². The van der Waals surface area contributed by atoms with E-state index in [4.69, 9.17) is 29.1 Å². The Labute approximate surface area is 161 Å². The van der Waals surface area contributed by atoms with Crippen LogP contribution in [0.1, 0.15) is 20.8 Å². The monoisotopic (exact) mass is 417 g/mol. The third kappa shape index (κ3) is 5.86. The van der Waals surface area contributed by atoms with E-state index in [0.717, 1.165) is 0 Å². The summed E-state index contributed by atoms with van der Waals surface area (Å²) < 4.78 is 33.8. The van der Waals surface area contributed by atoms with Gasteiger partial charge in [-0.25, -0.2) is 15.0 Å². The highest BCUT2D eigenvalue weighted by Gasteiger charge is 2.27. The Morgan fingerprint density at radius 2 is 2.00 bits per heavy atom. The smallest absolute Gasteiger partial charge is 0.358 e. The number of carbonyl (C=O) groups excluding carboxylic acids is 1. The van der Waals surface area contributed by atoms with Gasteiger partial charge in [0.25, 0.3) is 0 Å². The highest BCUT2D eigenvalue weighted by Crippen LogP contribution is 2.47. The van der Waals surface area contributed by atoms with E-state index in [1.54, 1.807) is 20.8 Å². The minimum absolute atomic E-state index is 0.0821. The van der Waals surface area contributed by atoms with E-state index < -0.39 is 25.8 Å². The second-order valence-corrected chi connectivity index (χ2v) is 8.70. The second kappa shape index (κ2) is 9.28. The fourth-order valence-corrected chi connectivity index (χ4v) is 2.67. The molecule has 13 heteroatoms. The maximum Gasteiger partial charge on any atom is 0.358 e. The Morgan fingerprint density at radius 1 is 1.25 bits per heavy atom. The summed E-state index contributed by atoms with van der Waals surface area (Å²) in [5.41, 5.74) is 5.84. The van der Waals surface area contributed by atoms with Crippen LogP contribution >= 0.6 is 7.60 Å². The molecule has 1 atom stereocenters. The average molecular weight is 417 g/mol. The normalized spacial score (nSPS) is 14.0. The third-order valence-corrected chi connectivity index (χ3v) is 4.92. The minimum atomic E-state index is -3.57. The van der Waals surface area contributed by atoms with Gasteiger partial charge in [0.1, 0.15) is 25.6 Å². The van der Waals surface area contributed by atoms with Gasteiger partial charge >= 0.3 is 13.6 Å². The third-order valence-electron chi connectivity index (χ3n) is 3.37. The van der Waals surface area contributed by atoms with Gasteiger partial charge in [0.2, 0.25) is 12.4 Å². The van der Waals surface area contributed by atoms with Gasteiger partial charge in [-0.15, -0.1) is 0 Å². The molecule has 0 saturated heterocycles. The molecule has 0 saturated carbocycles. The first-order chi connectivity index (χ1) is 13.2. The topological polar surface area (TPSA) is 150 Å². The van der Waals surface area contributed by atoms with Crippen molar-refractivity contribution in [1.82, 2.24) is 19.7 Å². The van der Waals surface area contributed by atoms with Gasteiger partial charge in [0.15, 0.2) is 11.3 Å². The summed E-state index contributed by atoms with van der Waals surface area (Å²) in [4.78, 5) is 29.0. The van der Waals surface area contributed by atoms with Crippen LogP contribution in [0.2, 0.25) is 0 Å². The maximum atomic E-state index is 12.4. The predicted molar refractivity (Wildman–Crippen MR) is 98.1 cm³/mol. The lowest BCUT2D eigenvalue weighted by molar-refractivity contribution is -0.160. The zero-order valence-electron chi connectivity index (χ0n) is 16.2. The van der Waals surface area contributed by atoms with E-state index in [-0.39, 0.29) is 25.4 Å². The van der Waals surface area contributed by atoms with E-state index in [1.807, 2.05) is 0 Å². The van der Waals surface area contributed by atoms with Crippen molar-refractivity contribution in [2.75, 3.05) is 39.2 Å². The van der Waals surface area contributed by atoms with Crippen LogP contribution in [0.4, 0.5) is 5.82 Å². The molecule has 28 heavy (non-hydrogen) atoms. The van der Waals surface area contributed by atoms with Crippen molar-refractivity contribution in [2.24, 2.45) is 5.41 Å². The summed E-state index contributed by atoms with van der Waals surface area (Å²) in [6.07, 6.45) is 2.37. The highest BCUT2D eigenvalue weighted by atomic mass is 31.2. The lowest BCUT2D eigenvalue weighted by Gasteiger charge is -2.19. The first-order valence-electron chi connectivity index (χ1n) is 8.27. The number of aromatic nitrogens is 4. The molecule has 0 aliphatic rings. The molecule has 1 unspecified atom stereocenters. The molecule has 2 rings (SSSR count). The Hall–Kier alpha value is -2.27. The van der Waals surface area contributed by atoms with E-state index in [9.17, 15) is 9.36 Å². The second-order valence-electron chi connectivity index (χ2n) is 6.59. The van der Waals surface area contributed by atoms with Crippen molar-refractivity contribution >= 4 is 30.5 Å². The van der Waals surface area contributed by atoms with Crippen LogP contribution < -0.4 is 10.6 Å². The van der Waals surface area contributed by atoms with Crippen LogP contribution in [0, 0.1) is 5.41 Å². The molecule has 0 amide bonds. The van der Waals surface area contributed by atoms with Gasteiger partial charge < -0.3 is 24.6 Å². The summed E-state index contributed by atoms with van der Waals surface area (Å²) in [5, 5.41) is 0. The molecule has 0 fully saturated rings. The summed E-state index contributed by atoms with van der Waals surface area (Å²) >= 11 is 0. The van der Waals surface area contributed by atoms with Crippen molar-refractivity contribution in [3.63, 3.8) is 0 Å². The maximum absolute atomic E-state index is 12.4. The number of nitrogen functional groups attached to an aromatic ring is 1. The van der Waals surface area contributed by atoms with Gasteiger partial charge in [-0.3, -0.25) is 13.9 Å². The number of nitrogens with zero attached hydrogens (tertiary/aromatic N) is 4. The number of rotatable bonds is 10. The van der Waals surface area contributed by atoms with Crippen LogP contribution in [0.25, 0.3) is 11.2 Å². The van der Waals surface area contributed by atoms with E-state index in [0.29, 0.717) is 11.2 Å². The van der Waals surface area contributed by atoms with Crippen LogP contribution in [-0.4, -0.2) is 59.1 Å². The van der Waals surface area contributed by atoms with Gasteiger partial charge in [-0.05, 0) is 20.8 Å². The van der Waals surface area contributed by atoms with Crippen LogP contribution in [0.5, 0.6) is 0 Å². The number of fused-ring (bicyclic) bond motifs is 1. The molecule has 0 spiro atoms. The first kappa shape index (κ1) is 22.0. The van der Waals surface area contributed by atoms with Crippen molar-refractivity contribution in [3.05, 3.63) is 12.7 Å². The fraction of sp³-hybridized carbons (Fsp3) is 0.600. The molecule has 156 valence electrons. The van der Waals surface area contributed by atoms with Crippen molar-refractivity contribution in [2.45, 2.75) is 20.8 Å². The Bertz CT molecular complexity index is 851. The molecule has 0 aromatic carbocycles. The first-order valence-corrected chi connectivity index (χ1v) is 10.0. The number of imidazole rings is 1. The van der Waals surface area contributed by atoms with Gasteiger partial charge in [0, 0.05) is 7.11 Å². The largest absolute Gasteiger partial charge is 0.438 e.